The first-order valence-corrected chi connectivity index (χ1v) is 7.67. The van der Waals surface area contributed by atoms with Crippen molar-refractivity contribution in [3.8, 4) is 11.6 Å². The number of ether oxygens (including phenoxy) is 2. The predicted octanol–water partition coefficient (Wildman–Crippen LogP) is 3.23. The number of anilines is 1. The largest absolute Gasteiger partial charge is 0.508 e. The van der Waals surface area contributed by atoms with Crippen molar-refractivity contribution in [2.45, 2.75) is 26.4 Å². The van der Waals surface area contributed by atoms with Crippen LogP contribution in [-0.4, -0.2) is 34.8 Å². The van der Waals surface area contributed by atoms with E-state index in [1.54, 1.807) is 24.3 Å². The number of phenolic OH excluding ortho intramolecular Hbond substituents is 1. The number of benzene rings is 1. The number of hydrogen-bond donors (Lipinski definition) is 2. The van der Waals surface area contributed by atoms with Crippen LogP contribution in [0.25, 0.3) is 0 Å². The average Bonchev–Trinajstić information content (AvgIpc) is 2.53. The monoisotopic (exact) mass is 330 g/mol. The molecule has 0 saturated carbocycles. The van der Waals surface area contributed by atoms with Gasteiger partial charge in [0.05, 0.1) is 17.8 Å². The van der Waals surface area contributed by atoms with Gasteiger partial charge in [0.25, 0.3) is 5.91 Å². The van der Waals surface area contributed by atoms with Gasteiger partial charge < -0.3 is 19.9 Å². The van der Waals surface area contributed by atoms with Crippen LogP contribution in [-0.2, 0) is 4.74 Å². The highest BCUT2D eigenvalue weighted by molar-refractivity contribution is 6.04. The lowest BCUT2D eigenvalue weighted by molar-refractivity contribution is -0.0168. The Balaban J connectivity index is 1.84. The van der Waals surface area contributed by atoms with E-state index >= 15 is 0 Å². The van der Waals surface area contributed by atoms with E-state index in [9.17, 15) is 9.90 Å². The summed E-state index contributed by atoms with van der Waals surface area (Å²) in [5.74, 6) is 0.302. The Labute approximate surface area is 141 Å². The summed E-state index contributed by atoms with van der Waals surface area (Å²) in [4.78, 5) is 16.2. The van der Waals surface area contributed by atoms with Gasteiger partial charge in [-0.25, -0.2) is 4.98 Å². The number of carbonyl (C=O) groups excluding carboxylic acids is 1. The van der Waals surface area contributed by atoms with E-state index in [1.165, 1.54) is 18.3 Å². The molecule has 24 heavy (non-hydrogen) atoms. The number of carbonyl (C=O) groups is 1. The van der Waals surface area contributed by atoms with Crippen LogP contribution >= 0.6 is 0 Å². The minimum absolute atomic E-state index is 0.145. The van der Waals surface area contributed by atoms with Gasteiger partial charge in [0, 0.05) is 18.0 Å². The summed E-state index contributed by atoms with van der Waals surface area (Å²) in [6.07, 6.45) is 1.45. The van der Waals surface area contributed by atoms with E-state index in [2.05, 4.69) is 10.3 Å². The highest BCUT2D eigenvalue weighted by Crippen LogP contribution is 2.15. The maximum Gasteiger partial charge on any atom is 0.257 e. The van der Waals surface area contributed by atoms with Crippen molar-refractivity contribution < 1.29 is 19.4 Å². The molecule has 0 saturated heterocycles. The summed E-state index contributed by atoms with van der Waals surface area (Å²) in [6.45, 7) is 6.80. The lowest BCUT2D eigenvalue weighted by atomic mass is 10.2. The number of hydrogen-bond acceptors (Lipinski definition) is 5. The van der Waals surface area contributed by atoms with Gasteiger partial charge in [-0.05, 0) is 51.1 Å². The molecule has 0 aliphatic carbocycles. The fourth-order valence-corrected chi connectivity index (χ4v) is 1.84. The first-order valence-electron chi connectivity index (χ1n) is 7.67. The molecule has 0 unspecified atom stereocenters. The van der Waals surface area contributed by atoms with Crippen molar-refractivity contribution in [1.82, 2.24) is 4.98 Å². The number of amides is 1. The summed E-state index contributed by atoms with van der Waals surface area (Å²) in [7, 11) is 0. The maximum absolute atomic E-state index is 12.1. The van der Waals surface area contributed by atoms with Gasteiger partial charge >= 0.3 is 0 Å². The molecule has 0 aliphatic rings. The zero-order chi connectivity index (χ0) is 17.6. The Morgan fingerprint density at radius 1 is 1.12 bits per heavy atom. The van der Waals surface area contributed by atoms with Gasteiger partial charge in [-0.3, -0.25) is 4.79 Å². The molecule has 2 aromatic rings. The van der Waals surface area contributed by atoms with Crippen molar-refractivity contribution in [3.63, 3.8) is 0 Å². The molecule has 1 amide bonds. The van der Waals surface area contributed by atoms with Crippen LogP contribution in [0.4, 0.5) is 5.69 Å². The van der Waals surface area contributed by atoms with E-state index in [1.807, 2.05) is 20.8 Å². The van der Waals surface area contributed by atoms with Crippen LogP contribution in [0.3, 0.4) is 0 Å². The van der Waals surface area contributed by atoms with Crippen molar-refractivity contribution in [1.29, 1.82) is 0 Å². The minimum Gasteiger partial charge on any atom is -0.508 e. The molecule has 6 heteroatoms. The van der Waals surface area contributed by atoms with Gasteiger partial charge in [-0.15, -0.1) is 0 Å². The number of pyridine rings is 1. The quantitative estimate of drug-likeness (QED) is 0.628. The van der Waals surface area contributed by atoms with E-state index in [0.717, 1.165) is 0 Å². The number of phenols is 1. The first-order chi connectivity index (χ1) is 11.3. The van der Waals surface area contributed by atoms with Crippen LogP contribution in [0.1, 0.15) is 31.1 Å². The predicted molar refractivity (Wildman–Crippen MR) is 91.5 cm³/mol. The van der Waals surface area contributed by atoms with Crippen LogP contribution in [0, 0.1) is 0 Å². The van der Waals surface area contributed by atoms with Gasteiger partial charge in [0.2, 0.25) is 5.88 Å². The lowest BCUT2D eigenvalue weighted by Gasteiger charge is -2.19. The molecule has 6 nitrogen and oxygen atoms in total. The molecule has 0 aliphatic heterocycles. The molecular weight excluding hydrogens is 308 g/mol. The highest BCUT2D eigenvalue weighted by Gasteiger charge is 2.10. The van der Waals surface area contributed by atoms with Crippen LogP contribution < -0.4 is 10.1 Å². The van der Waals surface area contributed by atoms with E-state index in [4.69, 9.17) is 9.47 Å². The van der Waals surface area contributed by atoms with Crippen molar-refractivity contribution in [2.24, 2.45) is 0 Å². The molecule has 2 N–H and O–H groups in total. The Morgan fingerprint density at radius 3 is 2.42 bits per heavy atom. The van der Waals surface area contributed by atoms with E-state index in [-0.39, 0.29) is 17.3 Å². The Bertz CT molecular complexity index is 661. The van der Waals surface area contributed by atoms with Crippen molar-refractivity contribution >= 4 is 11.6 Å². The molecule has 0 spiro atoms. The molecule has 2 rings (SSSR count). The number of aromatic nitrogens is 1. The molecule has 1 aromatic carbocycles. The lowest BCUT2D eigenvalue weighted by Crippen LogP contribution is -2.22. The SMILES string of the molecule is CC(C)(C)OCCOc1ccc(C(=O)Nc2ccc(O)cc2)cn1. The van der Waals surface area contributed by atoms with Crippen molar-refractivity contribution in [2.75, 3.05) is 18.5 Å². The Morgan fingerprint density at radius 2 is 1.83 bits per heavy atom. The normalized spacial score (nSPS) is 11.1. The first kappa shape index (κ1) is 17.7. The standard InChI is InChI=1S/C18H22N2O4/c1-18(2,3)24-11-10-23-16-9-4-13(12-19-16)17(22)20-14-5-7-15(21)8-6-14/h4-9,12,21H,10-11H2,1-3H3,(H,20,22). The van der Waals surface area contributed by atoms with E-state index < -0.39 is 0 Å². The molecule has 0 radical (unpaired) electrons. The van der Waals surface area contributed by atoms with Crippen LogP contribution in [0.2, 0.25) is 0 Å². The van der Waals surface area contributed by atoms with Gasteiger partial charge in [0.15, 0.2) is 0 Å². The molecule has 128 valence electrons. The second-order valence-corrected chi connectivity index (χ2v) is 6.20. The number of aromatic hydroxyl groups is 1. The number of rotatable bonds is 6. The molecule has 1 heterocycles. The summed E-state index contributed by atoms with van der Waals surface area (Å²) < 4.78 is 11.0. The molecule has 0 atom stereocenters. The average molecular weight is 330 g/mol. The fourth-order valence-electron chi connectivity index (χ4n) is 1.84. The smallest absolute Gasteiger partial charge is 0.257 e. The van der Waals surface area contributed by atoms with Crippen LogP contribution in [0.5, 0.6) is 11.6 Å². The molecule has 0 bridgehead atoms. The summed E-state index contributed by atoms with van der Waals surface area (Å²) in [5.41, 5.74) is 0.811. The van der Waals surface area contributed by atoms with Gasteiger partial charge in [-0.1, -0.05) is 0 Å². The fraction of sp³-hybridized carbons (Fsp3) is 0.333. The number of nitrogens with zero attached hydrogens (tertiary/aromatic N) is 1. The van der Waals surface area contributed by atoms with Gasteiger partial charge in [-0.2, -0.15) is 0 Å². The molecular formula is C18H22N2O4. The summed E-state index contributed by atoms with van der Waals surface area (Å²) >= 11 is 0. The van der Waals surface area contributed by atoms with E-state index in [0.29, 0.717) is 30.3 Å². The molecule has 1 aromatic heterocycles. The summed E-state index contributed by atoms with van der Waals surface area (Å²) in [6, 6.07) is 9.53. The van der Waals surface area contributed by atoms with Gasteiger partial charge in [0.1, 0.15) is 12.4 Å². The van der Waals surface area contributed by atoms with Crippen molar-refractivity contribution in [3.05, 3.63) is 48.2 Å². The third-order valence-corrected chi connectivity index (χ3v) is 2.99. The zero-order valence-corrected chi connectivity index (χ0v) is 14.1. The topological polar surface area (TPSA) is 80.7 Å². The van der Waals surface area contributed by atoms with Crippen LogP contribution in [0.15, 0.2) is 42.6 Å². The highest BCUT2D eigenvalue weighted by atomic mass is 16.5. The third-order valence-electron chi connectivity index (χ3n) is 2.99. The molecule has 0 fully saturated rings. The Hall–Kier alpha value is -2.60. The zero-order valence-electron chi connectivity index (χ0n) is 14.1. The summed E-state index contributed by atoms with van der Waals surface area (Å²) in [5, 5.41) is 11.9. The third kappa shape index (κ3) is 5.89. The second-order valence-electron chi connectivity index (χ2n) is 6.20. The minimum atomic E-state index is -0.282. The second kappa shape index (κ2) is 7.79. The Kier molecular flexibility index (Phi) is 5.76. The maximum atomic E-state index is 12.1. The number of nitrogens with one attached hydrogen (secondary N) is 1.